The molecule has 1 aliphatic rings. The predicted molar refractivity (Wildman–Crippen MR) is 78.4 cm³/mol. The van der Waals surface area contributed by atoms with Gasteiger partial charge >= 0.3 is 0 Å². The van der Waals surface area contributed by atoms with E-state index in [0.717, 1.165) is 12.2 Å². The van der Waals surface area contributed by atoms with E-state index in [2.05, 4.69) is 5.32 Å². The molecule has 1 atom stereocenters. The molecule has 1 heterocycles. The lowest BCUT2D eigenvalue weighted by molar-refractivity contribution is -0.126. The van der Waals surface area contributed by atoms with Crippen molar-refractivity contribution in [1.82, 2.24) is 4.90 Å². The van der Waals surface area contributed by atoms with Crippen LogP contribution < -0.4 is 11.1 Å². The number of hydrogen-bond acceptors (Lipinski definition) is 3. The number of benzene rings is 1. The number of nitrogens with two attached hydrogens (primary N) is 1. The number of carbonyl (C=O) groups is 2. The summed E-state index contributed by atoms with van der Waals surface area (Å²) in [6.45, 7) is 5.52. The van der Waals surface area contributed by atoms with E-state index in [0.29, 0.717) is 25.1 Å². The van der Waals surface area contributed by atoms with E-state index in [-0.39, 0.29) is 11.8 Å². The smallest absolute Gasteiger partial charge is 0.255 e. The van der Waals surface area contributed by atoms with Crippen molar-refractivity contribution in [1.29, 1.82) is 0 Å². The van der Waals surface area contributed by atoms with Crippen molar-refractivity contribution in [2.75, 3.05) is 25.0 Å². The van der Waals surface area contributed by atoms with E-state index in [4.69, 9.17) is 5.73 Å². The number of anilines is 1. The van der Waals surface area contributed by atoms with Crippen LogP contribution in [0.4, 0.5) is 5.69 Å². The van der Waals surface area contributed by atoms with Gasteiger partial charge in [-0.1, -0.05) is 12.1 Å². The fourth-order valence-corrected chi connectivity index (χ4v) is 2.52. The molecule has 2 rings (SSSR count). The summed E-state index contributed by atoms with van der Waals surface area (Å²) < 4.78 is 0. The number of hydrogen-bond donors (Lipinski definition) is 2. The summed E-state index contributed by atoms with van der Waals surface area (Å²) in [6.07, 6.45) is 0.622. The molecule has 5 nitrogen and oxygen atoms in total. The minimum atomic E-state index is -0.608. The van der Waals surface area contributed by atoms with Crippen molar-refractivity contribution in [3.05, 3.63) is 29.8 Å². The number of likely N-dealkylation sites (tertiary alicyclic amines) is 1. The Labute approximate surface area is 119 Å². The van der Waals surface area contributed by atoms with Crippen LogP contribution in [0.25, 0.3) is 0 Å². The highest BCUT2D eigenvalue weighted by Crippen LogP contribution is 2.31. The number of amides is 2. The number of primary amides is 1. The van der Waals surface area contributed by atoms with Gasteiger partial charge in [-0.2, -0.15) is 0 Å². The lowest BCUT2D eigenvalue weighted by Crippen LogP contribution is -2.38. The highest BCUT2D eigenvalue weighted by Gasteiger charge is 2.41. The van der Waals surface area contributed by atoms with Crippen LogP contribution in [0, 0.1) is 5.41 Å². The third-order valence-electron chi connectivity index (χ3n) is 3.88. The number of rotatable bonds is 4. The van der Waals surface area contributed by atoms with Crippen molar-refractivity contribution in [3.8, 4) is 0 Å². The van der Waals surface area contributed by atoms with Gasteiger partial charge in [0, 0.05) is 25.3 Å². The molecule has 0 aliphatic carbocycles. The van der Waals surface area contributed by atoms with E-state index in [9.17, 15) is 9.59 Å². The van der Waals surface area contributed by atoms with Gasteiger partial charge in [-0.05, 0) is 32.4 Å². The molecule has 0 bridgehead atoms. The fraction of sp³-hybridized carbons (Fsp3) is 0.467. The van der Waals surface area contributed by atoms with Crippen molar-refractivity contribution in [2.45, 2.75) is 20.3 Å². The zero-order chi connectivity index (χ0) is 14.8. The van der Waals surface area contributed by atoms with Crippen LogP contribution in [0.5, 0.6) is 0 Å². The molecule has 1 aliphatic heterocycles. The third kappa shape index (κ3) is 2.61. The van der Waals surface area contributed by atoms with Crippen LogP contribution in [0.15, 0.2) is 24.3 Å². The Bertz CT molecular complexity index is 530. The maximum atomic E-state index is 12.6. The molecule has 0 saturated carbocycles. The number of nitrogens with one attached hydrogen (secondary N) is 1. The van der Waals surface area contributed by atoms with Crippen molar-refractivity contribution in [2.24, 2.45) is 11.1 Å². The summed E-state index contributed by atoms with van der Waals surface area (Å²) in [5.74, 6) is -0.390. The first kappa shape index (κ1) is 14.4. The molecule has 20 heavy (non-hydrogen) atoms. The highest BCUT2D eigenvalue weighted by atomic mass is 16.2. The Hall–Kier alpha value is -2.04. The van der Waals surface area contributed by atoms with Crippen molar-refractivity contribution >= 4 is 17.5 Å². The molecule has 5 heteroatoms. The molecule has 1 unspecified atom stereocenters. The van der Waals surface area contributed by atoms with E-state index in [1.165, 1.54) is 0 Å². The molecule has 1 aromatic rings. The summed E-state index contributed by atoms with van der Waals surface area (Å²) in [5.41, 5.74) is 6.28. The quantitative estimate of drug-likeness (QED) is 0.873. The van der Waals surface area contributed by atoms with Crippen LogP contribution in [-0.2, 0) is 4.79 Å². The lowest BCUT2D eigenvalue weighted by atomic mass is 9.89. The average Bonchev–Trinajstić information content (AvgIpc) is 2.83. The molecule has 3 N–H and O–H groups in total. The summed E-state index contributed by atoms with van der Waals surface area (Å²) in [4.78, 5) is 25.8. The second-order valence-electron chi connectivity index (χ2n) is 5.48. The van der Waals surface area contributed by atoms with Crippen molar-refractivity contribution in [3.63, 3.8) is 0 Å². The minimum absolute atomic E-state index is 0.0495. The van der Waals surface area contributed by atoms with E-state index in [1.807, 2.05) is 32.0 Å². The molecular formula is C15H21N3O2. The van der Waals surface area contributed by atoms with Gasteiger partial charge in [0.05, 0.1) is 11.0 Å². The Morgan fingerprint density at radius 2 is 2.10 bits per heavy atom. The van der Waals surface area contributed by atoms with Crippen LogP contribution in [0.2, 0.25) is 0 Å². The molecule has 1 fully saturated rings. The monoisotopic (exact) mass is 275 g/mol. The maximum absolute atomic E-state index is 12.6. The second-order valence-corrected chi connectivity index (χ2v) is 5.48. The lowest BCUT2D eigenvalue weighted by Gasteiger charge is -2.22. The van der Waals surface area contributed by atoms with Gasteiger partial charge in [0.1, 0.15) is 0 Å². The molecule has 0 aromatic heterocycles. The summed E-state index contributed by atoms with van der Waals surface area (Å²) in [5, 5.41) is 3.18. The predicted octanol–water partition coefficient (Wildman–Crippen LogP) is 1.46. The fourth-order valence-electron chi connectivity index (χ4n) is 2.52. The first-order valence-electron chi connectivity index (χ1n) is 6.90. The third-order valence-corrected chi connectivity index (χ3v) is 3.88. The van der Waals surface area contributed by atoms with Gasteiger partial charge in [0.25, 0.3) is 5.91 Å². The van der Waals surface area contributed by atoms with Gasteiger partial charge in [-0.25, -0.2) is 0 Å². The first-order chi connectivity index (χ1) is 9.48. The van der Waals surface area contributed by atoms with Crippen LogP contribution >= 0.6 is 0 Å². The average molecular weight is 275 g/mol. The zero-order valence-electron chi connectivity index (χ0n) is 12.0. The number of carbonyl (C=O) groups excluding carboxylic acids is 2. The van der Waals surface area contributed by atoms with Crippen LogP contribution in [0.3, 0.4) is 0 Å². The normalized spacial score (nSPS) is 21.8. The van der Waals surface area contributed by atoms with Gasteiger partial charge in [0.15, 0.2) is 0 Å². The molecule has 1 saturated heterocycles. The Morgan fingerprint density at radius 3 is 2.70 bits per heavy atom. The Balaban J connectivity index is 2.19. The van der Waals surface area contributed by atoms with Crippen molar-refractivity contribution < 1.29 is 9.59 Å². The number of para-hydroxylation sites is 1. The summed E-state index contributed by atoms with van der Waals surface area (Å²) >= 11 is 0. The van der Waals surface area contributed by atoms with E-state index in [1.54, 1.807) is 11.0 Å². The minimum Gasteiger partial charge on any atom is -0.385 e. The zero-order valence-corrected chi connectivity index (χ0v) is 12.0. The summed E-state index contributed by atoms with van der Waals surface area (Å²) in [6, 6.07) is 7.43. The largest absolute Gasteiger partial charge is 0.385 e. The topological polar surface area (TPSA) is 75.4 Å². The Morgan fingerprint density at radius 1 is 1.40 bits per heavy atom. The first-order valence-corrected chi connectivity index (χ1v) is 6.90. The molecule has 0 spiro atoms. The molecule has 0 radical (unpaired) electrons. The van der Waals surface area contributed by atoms with Gasteiger partial charge < -0.3 is 16.0 Å². The van der Waals surface area contributed by atoms with Crippen LogP contribution in [0.1, 0.15) is 30.6 Å². The van der Waals surface area contributed by atoms with Crippen LogP contribution in [-0.4, -0.2) is 36.3 Å². The SMILES string of the molecule is CCNc1ccccc1C(=O)N1CCC(C)(C(N)=O)C1. The molecule has 108 valence electrons. The maximum Gasteiger partial charge on any atom is 0.255 e. The van der Waals surface area contributed by atoms with Gasteiger partial charge in [-0.3, -0.25) is 9.59 Å². The number of nitrogens with zero attached hydrogens (tertiary/aromatic N) is 1. The second kappa shape index (κ2) is 5.53. The molecule has 2 amide bonds. The van der Waals surface area contributed by atoms with Gasteiger partial charge in [0.2, 0.25) is 5.91 Å². The van der Waals surface area contributed by atoms with E-state index >= 15 is 0 Å². The highest BCUT2D eigenvalue weighted by molar-refractivity contribution is 6.00. The van der Waals surface area contributed by atoms with E-state index < -0.39 is 5.41 Å². The molecule has 1 aromatic carbocycles. The summed E-state index contributed by atoms with van der Waals surface area (Å²) in [7, 11) is 0. The standard InChI is InChI=1S/C15H21N3O2/c1-3-17-12-7-5-4-6-11(12)13(19)18-9-8-15(2,10-18)14(16)20/h4-7,17H,3,8-10H2,1-2H3,(H2,16,20). The Kier molecular flexibility index (Phi) is 3.97. The van der Waals surface area contributed by atoms with Gasteiger partial charge in [-0.15, -0.1) is 0 Å². The molecular weight excluding hydrogens is 254 g/mol.